The molecule has 106 heavy (non-hydrogen) atoms. The predicted octanol–water partition coefficient (Wildman–Crippen LogP) is 9.97. The second-order valence-corrected chi connectivity index (χ2v) is 23.9. The molecule has 8 aromatic rings. The molecule has 0 unspecified atom stereocenters. The Balaban J connectivity index is 0.000000365. The van der Waals surface area contributed by atoms with Crippen LogP contribution in [0, 0.1) is 0 Å². The van der Waals surface area contributed by atoms with Crippen molar-refractivity contribution in [1.82, 2.24) is 49.8 Å². The highest BCUT2D eigenvalue weighted by Gasteiger charge is 2.20. The largest absolute Gasteiger partial charge is 0.488 e. The van der Waals surface area contributed by atoms with E-state index in [4.69, 9.17) is 60.8 Å². The Morgan fingerprint density at radius 1 is 0.396 bits per heavy atom. The molecular weight excluding hydrogens is 1440 g/mol. The zero-order valence-electron chi connectivity index (χ0n) is 60.9. The molecule has 16 N–H and O–H groups in total. The number of aryl methyl sites for hydroxylation is 2. The number of nitrogens with two attached hydrogens (primary N) is 4. The van der Waals surface area contributed by atoms with Gasteiger partial charge >= 0.3 is 0 Å². The summed E-state index contributed by atoms with van der Waals surface area (Å²) < 4.78 is 44.8. The molecule has 0 saturated heterocycles. The van der Waals surface area contributed by atoms with Gasteiger partial charge in [-0.15, -0.1) is 0 Å². The SMILES string of the molecule is CCCC[C@@H](CCO)Nc1nc(N)ncc1OCCCc1ccc2c(c1)OCO2.CCCC[C@@H](CO)Nc1nc(N)ncc1OCc1ccccn1.CCC[C@@H](CCO)Nc1nc(N)ncc1OCCCc1ccc2c(c1)OCO2.CCC[C@@H](CO)Nc1nc(N)ncc1OCc1ccccn1.S.S.S.S. The fourth-order valence-electron chi connectivity index (χ4n) is 10.4. The number of benzene rings is 2. The molecule has 4 atom stereocenters. The van der Waals surface area contributed by atoms with Crippen LogP contribution in [0.4, 0.5) is 47.1 Å². The number of aliphatic hydroxyl groups is 4. The van der Waals surface area contributed by atoms with Gasteiger partial charge in [-0.1, -0.05) is 90.5 Å². The number of aromatic nitrogens is 10. The molecule has 6 aromatic heterocycles. The lowest BCUT2D eigenvalue weighted by Crippen LogP contribution is -2.25. The summed E-state index contributed by atoms with van der Waals surface area (Å²) in [6.45, 7) is 10.9. The van der Waals surface area contributed by atoms with Crippen molar-refractivity contribution in [2.24, 2.45) is 0 Å². The first-order valence-corrected chi connectivity index (χ1v) is 34.9. The van der Waals surface area contributed by atoms with Crippen LogP contribution in [-0.4, -0.2) is 148 Å². The standard InChI is InChI=1S/C21H30N4O4.C20H28N4O4.C16H23N5O2.C15H21N5O2.4H2S/c1-2-3-6-16(9-10-26)24-20-19(13-23-21(22)25-20)27-11-4-5-15-7-8-17-18(12-15)29-14-28-17;1-2-4-15(8-9-25)23-19-18(12-22-20(21)24-19)26-10-3-5-14-6-7-16-17(11-14)28-13-27-16;1-2-3-6-12(10-22)20-15-14(9-19-16(17)21-15)23-11-13-7-4-5-8-18-13;1-2-5-11(9-21)19-14-13(8-18-15(16)20-14)22-10-12-6-3-4-7-17-12;;;;/h7-8,12-13,16,26H,2-6,9-11,14H2,1H3,(H3,22,23,24,25);6-7,11-12,15,25H,2-5,8-10,13H2,1H3,(H3,21,22,23,24);4-5,7-9,12,22H,2-3,6,10-11H2,1H3,(H3,17,19,20,21);3-4,6-8,11,21H,2,5,9-10H2,1H3,(H3,16,18,19,20);4*1H2/t16-;15-;12-;11-;;;;/m0000..../s1. The lowest BCUT2D eigenvalue weighted by molar-refractivity contribution is 0.173. The number of nitrogen functional groups attached to an aromatic ring is 4. The van der Waals surface area contributed by atoms with E-state index in [2.05, 4.69) is 98.8 Å². The van der Waals surface area contributed by atoms with Crippen LogP contribution >= 0.6 is 54.0 Å². The molecule has 10 rings (SSSR count). The molecule has 0 bridgehead atoms. The number of hydrogen-bond donors (Lipinski definition) is 12. The number of ether oxygens (including phenoxy) is 8. The smallest absolute Gasteiger partial charge is 0.231 e. The summed E-state index contributed by atoms with van der Waals surface area (Å²) in [4.78, 5) is 41.3. The molecule has 0 aliphatic carbocycles. The zero-order valence-corrected chi connectivity index (χ0v) is 64.9. The van der Waals surface area contributed by atoms with Crippen LogP contribution in [-0.2, 0) is 26.1 Å². The zero-order chi connectivity index (χ0) is 72.5. The van der Waals surface area contributed by atoms with Crippen molar-refractivity contribution < 1.29 is 58.3 Å². The minimum absolute atomic E-state index is 0. The van der Waals surface area contributed by atoms with E-state index in [-0.39, 0.29) is 142 Å². The number of rotatable bonds is 40. The quantitative estimate of drug-likeness (QED) is 0.0159. The molecule has 30 nitrogen and oxygen atoms in total. The fourth-order valence-corrected chi connectivity index (χ4v) is 10.4. The van der Waals surface area contributed by atoms with Crippen molar-refractivity contribution in [2.45, 2.75) is 168 Å². The van der Waals surface area contributed by atoms with Gasteiger partial charge in [-0.3, -0.25) is 9.97 Å². The van der Waals surface area contributed by atoms with Gasteiger partial charge in [0.25, 0.3) is 0 Å². The first-order valence-electron chi connectivity index (χ1n) is 34.9. The summed E-state index contributed by atoms with van der Waals surface area (Å²) in [5.74, 6) is 8.10. The van der Waals surface area contributed by atoms with Crippen LogP contribution in [0.25, 0.3) is 0 Å². The van der Waals surface area contributed by atoms with Gasteiger partial charge in [0.15, 0.2) is 69.3 Å². The monoisotopic (exact) mass is 1550 g/mol. The Kier molecular flexibility index (Phi) is 44.9. The number of pyridine rings is 2. The maximum absolute atomic E-state index is 9.49. The van der Waals surface area contributed by atoms with Crippen LogP contribution < -0.4 is 82.1 Å². The topological polar surface area (TPSA) is 436 Å². The van der Waals surface area contributed by atoms with Crippen molar-refractivity contribution in [3.63, 3.8) is 0 Å². The van der Waals surface area contributed by atoms with Gasteiger partial charge in [-0.25, -0.2) is 19.9 Å². The molecule has 2 aliphatic rings. The molecule has 0 saturated carbocycles. The lowest BCUT2D eigenvalue weighted by atomic mass is 10.1. The van der Waals surface area contributed by atoms with Gasteiger partial charge in [0.1, 0.15) is 13.2 Å². The fraction of sp³-hybridized carbons (Fsp3) is 0.472. The van der Waals surface area contributed by atoms with E-state index < -0.39 is 0 Å². The molecule has 0 amide bonds. The first-order chi connectivity index (χ1) is 49.8. The molecule has 34 heteroatoms. The van der Waals surface area contributed by atoms with Crippen LogP contribution in [0.2, 0.25) is 0 Å². The number of hydrogen-bond acceptors (Lipinski definition) is 30. The molecule has 8 heterocycles. The number of fused-ring (bicyclic) bond motifs is 2. The summed E-state index contributed by atoms with van der Waals surface area (Å²) in [5.41, 5.74) is 26.7. The van der Waals surface area contributed by atoms with E-state index in [1.54, 1.807) is 24.8 Å². The number of nitrogens with one attached hydrogen (secondary N) is 4. The Morgan fingerprint density at radius 2 is 0.745 bits per heavy atom. The summed E-state index contributed by atoms with van der Waals surface area (Å²) >= 11 is 0. The summed E-state index contributed by atoms with van der Waals surface area (Å²) in [6, 6.07) is 23.2. The third kappa shape index (κ3) is 32.4. The Labute approximate surface area is 649 Å². The van der Waals surface area contributed by atoms with Gasteiger partial charge in [-0.05, 0) is 124 Å². The molecule has 0 spiro atoms. The molecule has 0 fully saturated rings. The molecule has 584 valence electrons. The maximum Gasteiger partial charge on any atom is 0.231 e. The van der Waals surface area contributed by atoms with E-state index >= 15 is 0 Å². The van der Waals surface area contributed by atoms with Crippen molar-refractivity contribution in [2.75, 3.05) is 97.4 Å². The highest BCUT2D eigenvalue weighted by atomic mass is 32.1. The normalized spacial score (nSPS) is 12.2. The number of nitrogens with zero attached hydrogens (tertiary/aromatic N) is 10. The van der Waals surface area contributed by atoms with Crippen LogP contribution in [0.15, 0.2) is 110 Å². The second kappa shape index (κ2) is 52.1. The average molecular weight is 1550 g/mol. The van der Waals surface area contributed by atoms with Crippen LogP contribution in [0.1, 0.15) is 140 Å². The predicted molar refractivity (Wildman–Crippen MR) is 433 cm³/mol. The number of aliphatic hydroxyl groups excluding tert-OH is 4. The average Bonchev–Trinajstić information content (AvgIpc) is 1.87. The van der Waals surface area contributed by atoms with Crippen LogP contribution in [0.5, 0.6) is 46.0 Å². The molecular formula is C72H110N18O12S4. The Bertz CT molecular complexity index is 3690. The van der Waals surface area contributed by atoms with E-state index in [1.165, 1.54) is 23.5 Å². The van der Waals surface area contributed by atoms with E-state index in [1.807, 2.05) is 72.8 Å². The van der Waals surface area contributed by atoms with E-state index in [9.17, 15) is 20.4 Å². The minimum Gasteiger partial charge on any atom is -0.488 e. The van der Waals surface area contributed by atoms with Gasteiger partial charge in [-0.2, -0.15) is 73.9 Å². The maximum atomic E-state index is 9.49. The summed E-state index contributed by atoms with van der Waals surface area (Å²) in [7, 11) is 0. The highest BCUT2D eigenvalue weighted by molar-refractivity contribution is 7.59. The summed E-state index contributed by atoms with van der Waals surface area (Å²) in [5, 5.41) is 50.5. The number of anilines is 8. The molecule has 2 aliphatic heterocycles. The van der Waals surface area contributed by atoms with Gasteiger partial charge in [0, 0.05) is 37.7 Å². The molecule has 0 radical (unpaired) electrons. The second-order valence-electron chi connectivity index (χ2n) is 23.9. The third-order valence-corrected chi connectivity index (χ3v) is 15.8. The van der Waals surface area contributed by atoms with Crippen molar-refractivity contribution in [3.05, 3.63) is 132 Å². The van der Waals surface area contributed by atoms with Crippen molar-refractivity contribution in [1.29, 1.82) is 0 Å². The van der Waals surface area contributed by atoms with Gasteiger partial charge in [0.05, 0.1) is 74.7 Å². The molecule has 2 aromatic carbocycles. The van der Waals surface area contributed by atoms with Crippen molar-refractivity contribution >= 4 is 101 Å². The van der Waals surface area contributed by atoms with Gasteiger partial charge in [0.2, 0.25) is 37.4 Å². The minimum atomic E-state index is -0.100. The number of unbranched alkanes of at least 4 members (excludes halogenated alkanes) is 2. The third-order valence-electron chi connectivity index (χ3n) is 15.8. The van der Waals surface area contributed by atoms with E-state index in [0.717, 1.165) is 124 Å². The first kappa shape index (κ1) is 91.3. The van der Waals surface area contributed by atoms with E-state index in [0.29, 0.717) is 85.5 Å². The van der Waals surface area contributed by atoms with Crippen molar-refractivity contribution in [3.8, 4) is 46.0 Å². The van der Waals surface area contributed by atoms with Gasteiger partial charge < -0.3 is 103 Å². The Hall–Kier alpha value is -8.90. The van der Waals surface area contributed by atoms with Crippen LogP contribution in [0.3, 0.4) is 0 Å². The lowest BCUT2D eigenvalue weighted by Gasteiger charge is -2.20. The highest BCUT2D eigenvalue weighted by Crippen LogP contribution is 2.35. The summed E-state index contributed by atoms with van der Waals surface area (Å²) in [6.07, 6.45) is 24.1. The Morgan fingerprint density at radius 3 is 1.10 bits per heavy atom.